The fourth-order valence-corrected chi connectivity index (χ4v) is 3.42. The molecule has 0 aromatic heterocycles. The van der Waals surface area contributed by atoms with Crippen LogP contribution >= 0.6 is 0 Å². The van der Waals surface area contributed by atoms with Crippen molar-refractivity contribution in [1.29, 1.82) is 0 Å². The molecule has 0 saturated heterocycles. The Labute approximate surface area is 136 Å². The molecule has 1 heteroatoms. The van der Waals surface area contributed by atoms with E-state index in [0.29, 0.717) is 0 Å². The van der Waals surface area contributed by atoms with E-state index in [2.05, 4.69) is 27.7 Å². The molecule has 0 bridgehead atoms. The number of hydrogen-bond acceptors (Lipinski definition) is 0. The lowest BCUT2D eigenvalue weighted by atomic mass is 10.1. The maximum atomic E-state index is 2.40. The van der Waals surface area contributed by atoms with Gasteiger partial charge in [-0.05, 0) is 39.5 Å². The minimum atomic E-state index is 1.33. The highest BCUT2D eigenvalue weighted by Gasteiger charge is 2.21. The number of rotatable bonds is 16. The Kier molecular flexibility index (Phi) is 14.9. The number of hydrogen-bond donors (Lipinski definition) is 0. The summed E-state index contributed by atoms with van der Waals surface area (Å²) in [7, 11) is 0. The highest BCUT2D eigenvalue weighted by atomic mass is 15.3. The van der Waals surface area contributed by atoms with Gasteiger partial charge in [0.2, 0.25) is 0 Å². The van der Waals surface area contributed by atoms with E-state index in [1.54, 1.807) is 0 Å². The van der Waals surface area contributed by atoms with Gasteiger partial charge in [-0.3, -0.25) is 0 Å². The smallest absolute Gasteiger partial charge is 0.0786 e. The molecule has 128 valence electrons. The first-order valence-electron chi connectivity index (χ1n) is 10.1. The van der Waals surface area contributed by atoms with Crippen LogP contribution in [0.5, 0.6) is 0 Å². The maximum Gasteiger partial charge on any atom is 0.0786 e. The van der Waals surface area contributed by atoms with Crippen LogP contribution in [0, 0.1) is 0 Å². The Morgan fingerprint density at radius 1 is 0.429 bits per heavy atom. The summed E-state index contributed by atoms with van der Waals surface area (Å²) in [6.07, 6.45) is 17.2. The quantitative estimate of drug-likeness (QED) is 0.223. The van der Waals surface area contributed by atoms with Crippen LogP contribution in [0.15, 0.2) is 0 Å². The zero-order valence-corrected chi connectivity index (χ0v) is 15.8. The minimum absolute atomic E-state index is 1.33. The van der Waals surface area contributed by atoms with Crippen LogP contribution < -0.4 is 0 Å². The summed E-state index contributed by atoms with van der Waals surface area (Å²) in [4.78, 5) is 0. The summed E-state index contributed by atoms with van der Waals surface area (Å²) >= 11 is 0. The molecule has 0 rings (SSSR count). The van der Waals surface area contributed by atoms with Crippen molar-refractivity contribution >= 4 is 0 Å². The van der Waals surface area contributed by atoms with E-state index in [-0.39, 0.29) is 0 Å². The Morgan fingerprint density at radius 3 is 1.10 bits per heavy atom. The Bertz CT molecular complexity index is 178. The zero-order chi connectivity index (χ0) is 15.8. The van der Waals surface area contributed by atoms with Crippen molar-refractivity contribution in [3.63, 3.8) is 0 Å². The lowest BCUT2D eigenvalue weighted by molar-refractivity contribution is -0.925. The molecule has 21 heavy (non-hydrogen) atoms. The Morgan fingerprint density at radius 2 is 0.762 bits per heavy atom. The summed E-state index contributed by atoms with van der Waals surface area (Å²) in [6, 6.07) is 0. The van der Waals surface area contributed by atoms with Gasteiger partial charge in [-0.2, -0.15) is 0 Å². The van der Waals surface area contributed by atoms with E-state index in [1.807, 2.05) is 0 Å². The topological polar surface area (TPSA) is 0 Å². The fraction of sp³-hybridized carbons (Fsp3) is 1.00. The van der Waals surface area contributed by atoms with Crippen LogP contribution in [0.4, 0.5) is 0 Å². The van der Waals surface area contributed by atoms with Crippen molar-refractivity contribution in [3.05, 3.63) is 0 Å². The molecular weight excluding hydrogens is 254 g/mol. The van der Waals surface area contributed by atoms with E-state index in [1.165, 1.54) is 108 Å². The molecule has 0 aromatic rings. The highest BCUT2D eigenvalue weighted by Crippen LogP contribution is 2.15. The SMILES string of the molecule is CCCCCCCC[N+](CC)(CC)CCCCCCCC. The molecule has 0 radical (unpaired) electrons. The van der Waals surface area contributed by atoms with Gasteiger partial charge in [0.25, 0.3) is 0 Å². The average molecular weight is 299 g/mol. The lowest BCUT2D eigenvalue weighted by Crippen LogP contribution is -2.49. The highest BCUT2D eigenvalue weighted by molar-refractivity contribution is 4.49. The Balaban J connectivity index is 3.78. The van der Waals surface area contributed by atoms with Crippen LogP contribution in [-0.2, 0) is 0 Å². The third-order valence-corrected chi connectivity index (χ3v) is 5.31. The molecule has 0 aliphatic carbocycles. The maximum absolute atomic E-state index is 2.40. The molecule has 0 spiro atoms. The first-order chi connectivity index (χ1) is 10.2. The molecule has 0 heterocycles. The van der Waals surface area contributed by atoms with Crippen LogP contribution in [0.3, 0.4) is 0 Å². The van der Waals surface area contributed by atoms with Crippen molar-refractivity contribution in [2.75, 3.05) is 26.2 Å². The van der Waals surface area contributed by atoms with Gasteiger partial charge in [0, 0.05) is 0 Å². The second-order valence-electron chi connectivity index (χ2n) is 6.96. The summed E-state index contributed by atoms with van der Waals surface area (Å²) in [5.74, 6) is 0. The van der Waals surface area contributed by atoms with Crippen molar-refractivity contribution in [3.8, 4) is 0 Å². The molecule has 0 amide bonds. The fourth-order valence-electron chi connectivity index (χ4n) is 3.42. The van der Waals surface area contributed by atoms with Gasteiger partial charge in [0.15, 0.2) is 0 Å². The van der Waals surface area contributed by atoms with Crippen LogP contribution in [0.1, 0.15) is 105 Å². The summed E-state index contributed by atoms with van der Waals surface area (Å²) in [5, 5.41) is 0. The molecule has 0 aliphatic rings. The molecule has 0 fully saturated rings. The molecule has 0 saturated carbocycles. The van der Waals surface area contributed by atoms with E-state index in [4.69, 9.17) is 0 Å². The van der Waals surface area contributed by atoms with Crippen molar-refractivity contribution in [2.45, 2.75) is 105 Å². The van der Waals surface area contributed by atoms with Crippen LogP contribution in [0.2, 0.25) is 0 Å². The number of quaternary nitrogens is 1. The Hall–Kier alpha value is -0.0400. The average Bonchev–Trinajstić information content (AvgIpc) is 2.52. The van der Waals surface area contributed by atoms with Gasteiger partial charge in [0.1, 0.15) is 0 Å². The standard InChI is InChI=1S/C20H44N/c1-5-9-11-13-15-17-19-21(7-3,8-4)20-18-16-14-12-10-6-2/h5-20H2,1-4H3/q+1. The van der Waals surface area contributed by atoms with Gasteiger partial charge in [-0.15, -0.1) is 0 Å². The largest absolute Gasteiger partial charge is 0.324 e. The first-order valence-corrected chi connectivity index (χ1v) is 10.1. The van der Waals surface area contributed by atoms with E-state index in [9.17, 15) is 0 Å². The van der Waals surface area contributed by atoms with Crippen LogP contribution in [0.25, 0.3) is 0 Å². The lowest BCUT2D eigenvalue weighted by Gasteiger charge is -2.37. The first kappa shape index (κ1) is 21.0. The van der Waals surface area contributed by atoms with E-state index in [0.717, 1.165) is 0 Å². The number of nitrogens with zero attached hydrogens (tertiary/aromatic N) is 1. The third-order valence-electron chi connectivity index (χ3n) is 5.31. The summed E-state index contributed by atoms with van der Waals surface area (Å²) in [5.41, 5.74) is 0. The van der Waals surface area contributed by atoms with Crippen LogP contribution in [-0.4, -0.2) is 30.7 Å². The van der Waals surface area contributed by atoms with Gasteiger partial charge in [-0.25, -0.2) is 0 Å². The van der Waals surface area contributed by atoms with Crippen molar-refractivity contribution < 1.29 is 4.48 Å². The second-order valence-corrected chi connectivity index (χ2v) is 6.96. The summed E-state index contributed by atoms with van der Waals surface area (Å²) in [6.45, 7) is 14.9. The number of unbranched alkanes of at least 4 members (excludes halogenated alkanes) is 10. The van der Waals surface area contributed by atoms with Gasteiger partial charge in [0.05, 0.1) is 26.2 Å². The minimum Gasteiger partial charge on any atom is -0.324 e. The van der Waals surface area contributed by atoms with Crippen molar-refractivity contribution in [1.82, 2.24) is 0 Å². The molecule has 0 aliphatic heterocycles. The third kappa shape index (κ3) is 11.2. The van der Waals surface area contributed by atoms with E-state index >= 15 is 0 Å². The molecule has 0 N–H and O–H groups in total. The summed E-state index contributed by atoms with van der Waals surface area (Å²) < 4.78 is 1.38. The second kappa shape index (κ2) is 14.9. The zero-order valence-electron chi connectivity index (χ0n) is 15.8. The molecule has 1 nitrogen and oxygen atoms in total. The van der Waals surface area contributed by atoms with E-state index < -0.39 is 0 Å². The molecular formula is C20H44N+. The normalized spacial score (nSPS) is 12.0. The van der Waals surface area contributed by atoms with Gasteiger partial charge < -0.3 is 4.48 Å². The van der Waals surface area contributed by atoms with Gasteiger partial charge >= 0.3 is 0 Å². The molecule has 0 atom stereocenters. The monoisotopic (exact) mass is 298 g/mol. The predicted octanol–water partition coefficient (Wildman–Crippen LogP) is 6.56. The molecule has 0 unspecified atom stereocenters. The molecule has 0 aromatic carbocycles. The van der Waals surface area contributed by atoms with Crippen molar-refractivity contribution in [2.24, 2.45) is 0 Å². The predicted molar refractivity (Wildman–Crippen MR) is 97.8 cm³/mol. The van der Waals surface area contributed by atoms with Gasteiger partial charge in [-0.1, -0.05) is 65.2 Å².